The molecule has 2 aromatic heterocycles. The molecule has 1 amide bonds. The first-order valence-electron chi connectivity index (χ1n) is 7.98. The number of likely N-dealkylation sites (tertiary alicyclic amines) is 1. The Labute approximate surface area is 143 Å². The molecular formula is C17H17N5O3. The number of ether oxygens (including phenoxy) is 2. The zero-order valence-electron chi connectivity index (χ0n) is 13.7. The highest BCUT2D eigenvalue weighted by molar-refractivity contribution is 5.97. The predicted octanol–water partition coefficient (Wildman–Crippen LogP) is 1.65. The standard InChI is InChI=1S/C17H17N5O3/c1-24-15-7-18-8-16(21-15)25-12-4-5-22(9-12)17(23)11-2-3-13-14(6-11)20-10-19-13/h2-3,6-8,10,12H,4-5,9H2,1H3,(H,19,20). The van der Waals surface area contributed by atoms with Gasteiger partial charge in [0.2, 0.25) is 11.8 Å². The minimum Gasteiger partial charge on any atom is -0.480 e. The summed E-state index contributed by atoms with van der Waals surface area (Å²) in [5.74, 6) is 0.785. The van der Waals surface area contributed by atoms with Gasteiger partial charge >= 0.3 is 0 Å². The van der Waals surface area contributed by atoms with Crippen LogP contribution < -0.4 is 9.47 Å². The number of nitrogens with one attached hydrogen (secondary N) is 1. The highest BCUT2D eigenvalue weighted by atomic mass is 16.5. The topological polar surface area (TPSA) is 93.2 Å². The van der Waals surface area contributed by atoms with Crippen molar-refractivity contribution < 1.29 is 14.3 Å². The number of aromatic amines is 1. The molecule has 1 aliphatic rings. The molecule has 3 heterocycles. The van der Waals surface area contributed by atoms with Gasteiger partial charge < -0.3 is 19.4 Å². The summed E-state index contributed by atoms with van der Waals surface area (Å²) in [6, 6.07) is 5.47. The Morgan fingerprint density at radius 3 is 3.08 bits per heavy atom. The van der Waals surface area contributed by atoms with E-state index in [1.165, 1.54) is 13.3 Å². The van der Waals surface area contributed by atoms with Crippen LogP contribution in [-0.2, 0) is 0 Å². The maximum atomic E-state index is 12.7. The Hall–Kier alpha value is -3.16. The lowest BCUT2D eigenvalue weighted by Gasteiger charge is -2.17. The van der Waals surface area contributed by atoms with Crippen molar-refractivity contribution in [1.29, 1.82) is 0 Å². The summed E-state index contributed by atoms with van der Waals surface area (Å²) < 4.78 is 10.9. The molecule has 1 aromatic carbocycles. The number of amides is 1. The van der Waals surface area contributed by atoms with E-state index in [2.05, 4.69) is 19.9 Å². The van der Waals surface area contributed by atoms with Gasteiger partial charge in [0.15, 0.2) is 0 Å². The number of hydrogen-bond donors (Lipinski definition) is 1. The number of hydrogen-bond acceptors (Lipinski definition) is 6. The second kappa shape index (κ2) is 6.39. The van der Waals surface area contributed by atoms with Crippen LogP contribution in [0.3, 0.4) is 0 Å². The van der Waals surface area contributed by atoms with Gasteiger partial charge in [-0.15, -0.1) is 0 Å². The Morgan fingerprint density at radius 2 is 2.20 bits per heavy atom. The average molecular weight is 339 g/mol. The number of imidazole rings is 1. The molecule has 3 aromatic rings. The highest BCUT2D eigenvalue weighted by Gasteiger charge is 2.28. The molecule has 0 radical (unpaired) electrons. The smallest absolute Gasteiger partial charge is 0.254 e. The Balaban J connectivity index is 1.43. The monoisotopic (exact) mass is 339 g/mol. The van der Waals surface area contributed by atoms with Gasteiger partial charge in [-0.1, -0.05) is 0 Å². The van der Waals surface area contributed by atoms with Crippen LogP contribution in [0.2, 0.25) is 0 Å². The van der Waals surface area contributed by atoms with Crippen LogP contribution in [0, 0.1) is 0 Å². The van der Waals surface area contributed by atoms with E-state index in [1.54, 1.807) is 23.5 Å². The van der Waals surface area contributed by atoms with E-state index in [-0.39, 0.29) is 12.0 Å². The van der Waals surface area contributed by atoms with Gasteiger partial charge in [-0.2, -0.15) is 4.98 Å². The van der Waals surface area contributed by atoms with Crippen molar-refractivity contribution in [3.63, 3.8) is 0 Å². The van der Waals surface area contributed by atoms with Crippen LogP contribution in [0.15, 0.2) is 36.9 Å². The van der Waals surface area contributed by atoms with Gasteiger partial charge in [0.05, 0.1) is 43.4 Å². The van der Waals surface area contributed by atoms with Crippen LogP contribution >= 0.6 is 0 Å². The third-order valence-corrected chi connectivity index (χ3v) is 4.19. The van der Waals surface area contributed by atoms with Gasteiger partial charge in [-0.3, -0.25) is 9.78 Å². The maximum absolute atomic E-state index is 12.7. The lowest BCUT2D eigenvalue weighted by molar-refractivity contribution is 0.0771. The zero-order valence-corrected chi connectivity index (χ0v) is 13.7. The van der Waals surface area contributed by atoms with E-state index in [0.29, 0.717) is 30.4 Å². The first kappa shape index (κ1) is 15.4. The predicted molar refractivity (Wildman–Crippen MR) is 89.6 cm³/mol. The summed E-state index contributed by atoms with van der Waals surface area (Å²) >= 11 is 0. The van der Waals surface area contributed by atoms with Crippen molar-refractivity contribution in [2.24, 2.45) is 0 Å². The molecular weight excluding hydrogens is 322 g/mol. The van der Waals surface area contributed by atoms with Gasteiger partial charge in [-0.25, -0.2) is 4.98 Å². The third kappa shape index (κ3) is 3.10. The van der Waals surface area contributed by atoms with Crippen LogP contribution in [0.1, 0.15) is 16.8 Å². The van der Waals surface area contributed by atoms with Crippen molar-refractivity contribution in [3.05, 3.63) is 42.5 Å². The molecule has 4 rings (SSSR count). The van der Waals surface area contributed by atoms with Crippen LogP contribution in [0.5, 0.6) is 11.8 Å². The molecule has 0 bridgehead atoms. The molecule has 1 saturated heterocycles. The normalized spacial score (nSPS) is 17.0. The fourth-order valence-corrected chi connectivity index (χ4v) is 2.92. The number of H-pyrrole nitrogens is 1. The van der Waals surface area contributed by atoms with Crippen LogP contribution in [0.4, 0.5) is 0 Å². The quantitative estimate of drug-likeness (QED) is 0.777. The fourth-order valence-electron chi connectivity index (χ4n) is 2.92. The zero-order chi connectivity index (χ0) is 17.2. The summed E-state index contributed by atoms with van der Waals surface area (Å²) in [6.45, 7) is 1.15. The SMILES string of the molecule is COc1cncc(OC2CCN(C(=O)c3ccc4nc[nH]c4c3)C2)n1. The average Bonchev–Trinajstić information content (AvgIpc) is 3.29. The molecule has 0 saturated carbocycles. The minimum atomic E-state index is -0.110. The fraction of sp³-hybridized carbons (Fsp3) is 0.294. The van der Waals surface area contributed by atoms with E-state index in [0.717, 1.165) is 17.5 Å². The van der Waals surface area contributed by atoms with E-state index in [4.69, 9.17) is 9.47 Å². The third-order valence-electron chi connectivity index (χ3n) is 4.19. The van der Waals surface area contributed by atoms with E-state index >= 15 is 0 Å². The molecule has 25 heavy (non-hydrogen) atoms. The maximum Gasteiger partial charge on any atom is 0.254 e. The Morgan fingerprint density at radius 1 is 1.32 bits per heavy atom. The first-order chi connectivity index (χ1) is 12.2. The van der Waals surface area contributed by atoms with Crippen LogP contribution in [-0.4, -0.2) is 57.0 Å². The van der Waals surface area contributed by atoms with E-state index < -0.39 is 0 Å². The molecule has 0 spiro atoms. The van der Waals surface area contributed by atoms with E-state index in [9.17, 15) is 4.79 Å². The lowest BCUT2D eigenvalue weighted by Crippen LogP contribution is -2.31. The van der Waals surface area contributed by atoms with Gasteiger partial charge in [0, 0.05) is 18.5 Å². The van der Waals surface area contributed by atoms with Crippen molar-refractivity contribution >= 4 is 16.9 Å². The number of fused-ring (bicyclic) bond motifs is 1. The number of nitrogens with zero attached hydrogens (tertiary/aromatic N) is 4. The summed E-state index contributed by atoms with van der Waals surface area (Å²) in [4.78, 5) is 29.9. The molecule has 0 aliphatic carbocycles. The highest BCUT2D eigenvalue weighted by Crippen LogP contribution is 2.20. The summed E-state index contributed by atoms with van der Waals surface area (Å²) in [7, 11) is 1.53. The number of carbonyl (C=O) groups is 1. The number of methoxy groups -OCH3 is 1. The number of benzene rings is 1. The molecule has 1 fully saturated rings. The van der Waals surface area contributed by atoms with Crippen LogP contribution in [0.25, 0.3) is 11.0 Å². The molecule has 1 aliphatic heterocycles. The van der Waals surface area contributed by atoms with Crippen molar-refractivity contribution in [2.45, 2.75) is 12.5 Å². The first-order valence-corrected chi connectivity index (χ1v) is 7.98. The van der Waals surface area contributed by atoms with Crippen molar-refractivity contribution in [1.82, 2.24) is 24.8 Å². The Kier molecular flexibility index (Phi) is 3.93. The van der Waals surface area contributed by atoms with Gasteiger partial charge in [0.25, 0.3) is 5.91 Å². The molecule has 1 N–H and O–H groups in total. The van der Waals surface area contributed by atoms with Gasteiger partial charge in [-0.05, 0) is 18.2 Å². The number of rotatable bonds is 4. The molecule has 1 unspecified atom stereocenters. The number of aromatic nitrogens is 4. The van der Waals surface area contributed by atoms with Gasteiger partial charge in [0.1, 0.15) is 6.10 Å². The summed E-state index contributed by atoms with van der Waals surface area (Å²) in [5, 5.41) is 0. The number of carbonyl (C=O) groups excluding carboxylic acids is 1. The van der Waals surface area contributed by atoms with E-state index in [1.807, 2.05) is 12.1 Å². The minimum absolute atomic E-state index is 0.0145. The van der Waals surface area contributed by atoms with Crippen molar-refractivity contribution in [2.75, 3.05) is 20.2 Å². The Bertz CT molecular complexity index is 910. The second-order valence-electron chi connectivity index (χ2n) is 5.81. The summed E-state index contributed by atoms with van der Waals surface area (Å²) in [5.41, 5.74) is 2.33. The van der Waals surface area contributed by atoms with Crippen molar-refractivity contribution in [3.8, 4) is 11.8 Å². The largest absolute Gasteiger partial charge is 0.480 e. The molecule has 8 heteroatoms. The lowest BCUT2D eigenvalue weighted by atomic mass is 10.2. The molecule has 1 atom stereocenters. The molecule has 128 valence electrons. The summed E-state index contributed by atoms with van der Waals surface area (Å²) in [6.07, 6.45) is 5.31. The molecule has 8 nitrogen and oxygen atoms in total. The second-order valence-corrected chi connectivity index (χ2v) is 5.81.